The van der Waals surface area contributed by atoms with Gasteiger partial charge in [0.05, 0.1) is 14.2 Å². The third-order valence-electron chi connectivity index (χ3n) is 2.49. The Bertz CT molecular complexity index is 436. The van der Waals surface area contributed by atoms with Crippen LogP contribution in [0.1, 0.15) is 12.5 Å². The molecule has 100 valence electrons. The molecule has 1 aromatic carbocycles. The highest BCUT2D eigenvalue weighted by Gasteiger charge is 2.15. The smallest absolute Gasteiger partial charge is 0.320 e. The van der Waals surface area contributed by atoms with Crippen molar-refractivity contribution >= 4 is 17.6 Å². The van der Waals surface area contributed by atoms with E-state index in [1.165, 1.54) is 14.2 Å². The number of halogens is 1. The van der Waals surface area contributed by atoms with Crippen molar-refractivity contribution in [2.45, 2.75) is 19.5 Å². The third-order valence-corrected chi connectivity index (χ3v) is 2.71. The highest BCUT2D eigenvalue weighted by Crippen LogP contribution is 2.34. The Morgan fingerprint density at radius 1 is 1.44 bits per heavy atom. The summed E-state index contributed by atoms with van der Waals surface area (Å²) in [4.78, 5) is 10.7. The van der Waals surface area contributed by atoms with Crippen LogP contribution in [0.3, 0.4) is 0 Å². The molecule has 0 amide bonds. The molecule has 6 heteroatoms. The molecule has 2 N–H and O–H groups in total. The van der Waals surface area contributed by atoms with Crippen LogP contribution < -0.4 is 14.8 Å². The number of hydrogen-bond donors (Lipinski definition) is 2. The first-order valence-electron chi connectivity index (χ1n) is 5.36. The molecular weight excluding hydrogens is 258 g/mol. The summed E-state index contributed by atoms with van der Waals surface area (Å²) in [6, 6.07) is 2.70. The van der Waals surface area contributed by atoms with Gasteiger partial charge in [-0.15, -0.1) is 0 Å². The van der Waals surface area contributed by atoms with Gasteiger partial charge in [-0.3, -0.25) is 4.79 Å². The molecule has 0 fully saturated rings. The number of carboxylic acid groups (broad SMARTS) is 1. The molecule has 0 spiro atoms. The zero-order chi connectivity index (χ0) is 13.7. The topological polar surface area (TPSA) is 67.8 Å². The zero-order valence-electron chi connectivity index (χ0n) is 10.5. The molecule has 1 unspecified atom stereocenters. The summed E-state index contributed by atoms with van der Waals surface area (Å²) in [6.07, 6.45) is 0. The summed E-state index contributed by atoms with van der Waals surface area (Å²) in [5, 5.41) is 12.2. The number of ether oxygens (including phenoxy) is 2. The van der Waals surface area contributed by atoms with Crippen LogP contribution >= 0.6 is 11.6 Å². The third kappa shape index (κ3) is 3.51. The lowest BCUT2D eigenvalue weighted by Gasteiger charge is -2.15. The number of carbonyl (C=O) groups is 1. The van der Waals surface area contributed by atoms with E-state index in [1.54, 1.807) is 19.1 Å². The summed E-state index contributed by atoms with van der Waals surface area (Å²) in [6.45, 7) is 1.89. The summed E-state index contributed by atoms with van der Waals surface area (Å²) >= 11 is 5.96. The molecule has 0 saturated heterocycles. The number of methoxy groups -OCH3 is 2. The van der Waals surface area contributed by atoms with Crippen LogP contribution in [-0.4, -0.2) is 31.3 Å². The SMILES string of the molecule is COc1cc(Cl)cc(CNC(C)C(=O)O)c1OC. The number of aliphatic carboxylic acids is 1. The maximum atomic E-state index is 10.7. The fourth-order valence-corrected chi connectivity index (χ4v) is 1.72. The summed E-state index contributed by atoms with van der Waals surface area (Å²) in [5.41, 5.74) is 0.745. The number of carboxylic acids is 1. The van der Waals surface area contributed by atoms with Crippen LogP contribution in [0.5, 0.6) is 11.5 Å². The van der Waals surface area contributed by atoms with Crippen molar-refractivity contribution in [3.63, 3.8) is 0 Å². The molecule has 0 heterocycles. The quantitative estimate of drug-likeness (QED) is 0.829. The van der Waals surface area contributed by atoms with Gasteiger partial charge in [-0.05, 0) is 13.0 Å². The van der Waals surface area contributed by atoms with Gasteiger partial charge in [-0.25, -0.2) is 0 Å². The molecule has 5 nitrogen and oxygen atoms in total. The van der Waals surface area contributed by atoms with E-state index in [9.17, 15) is 4.79 Å². The lowest BCUT2D eigenvalue weighted by atomic mass is 10.1. The molecule has 1 aromatic rings. The molecule has 0 aliphatic rings. The van der Waals surface area contributed by atoms with Gasteiger partial charge in [0.15, 0.2) is 11.5 Å². The highest BCUT2D eigenvalue weighted by atomic mass is 35.5. The predicted molar refractivity (Wildman–Crippen MR) is 68.5 cm³/mol. The molecule has 18 heavy (non-hydrogen) atoms. The summed E-state index contributed by atoms with van der Waals surface area (Å²) in [5.74, 6) is 0.153. The Hall–Kier alpha value is -1.46. The van der Waals surface area contributed by atoms with Crippen LogP contribution in [0.4, 0.5) is 0 Å². The average molecular weight is 274 g/mol. The van der Waals surface area contributed by atoms with Gasteiger partial charge in [0.1, 0.15) is 6.04 Å². The second-order valence-corrected chi connectivity index (χ2v) is 4.18. The Labute approximate surface area is 111 Å². The second kappa shape index (κ2) is 6.47. The van der Waals surface area contributed by atoms with Crippen molar-refractivity contribution in [2.24, 2.45) is 0 Å². The molecule has 0 aromatic heterocycles. The van der Waals surface area contributed by atoms with E-state index in [0.717, 1.165) is 5.56 Å². The zero-order valence-corrected chi connectivity index (χ0v) is 11.2. The molecule has 0 radical (unpaired) electrons. The largest absolute Gasteiger partial charge is 0.493 e. The van der Waals surface area contributed by atoms with Gasteiger partial charge >= 0.3 is 5.97 Å². The molecule has 0 aliphatic heterocycles. The van der Waals surface area contributed by atoms with Crippen molar-refractivity contribution in [3.05, 3.63) is 22.7 Å². The highest BCUT2D eigenvalue weighted by molar-refractivity contribution is 6.30. The number of benzene rings is 1. The number of hydrogen-bond acceptors (Lipinski definition) is 4. The van der Waals surface area contributed by atoms with Crippen molar-refractivity contribution in [2.75, 3.05) is 14.2 Å². The maximum Gasteiger partial charge on any atom is 0.320 e. The Kier molecular flexibility index (Phi) is 5.25. The molecule has 1 rings (SSSR count). The molecule has 0 saturated carbocycles. The van der Waals surface area contributed by atoms with Gasteiger partial charge in [0.25, 0.3) is 0 Å². The van der Waals surface area contributed by atoms with Crippen molar-refractivity contribution in [1.82, 2.24) is 5.32 Å². The fourth-order valence-electron chi connectivity index (χ4n) is 1.49. The predicted octanol–water partition coefficient (Wildman–Crippen LogP) is 1.92. The lowest BCUT2D eigenvalue weighted by molar-refractivity contribution is -0.139. The minimum atomic E-state index is -0.914. The standard InChI is InChI=1S/C12H16ClNO4/c1-7(12(15)16)14-6-8-4-9(13)5-10(17-2)11(8)18-3/h4-5,7,14H,6H2,1-3H3,(H,15,16). The van der Waals surface area contributed by atoms with Gasteiger partial charge in [0.2, 0.25) is 0 Å². The molecular formula is C12H16ClNO4. The van der Waals surface area contributed by atoms with Crippen LogP contribution in [0, 0.1) is 0 Å². The molecule has 0 aliphatic carbocycles. The van der Waals surface area contributed by atoms with Gasteiger partial charge in [-0.2, -0.15) is 0 Å². The monoisotopic (exact) mass is 273 g/mol. The van der Waals surface area contributed by atoms with Crippen molar-refractivity contribution in [1.29, 1.82) is 0 Å². The first-order valence-corrected chi connectivity index (χ1v) is 5.74. The van der Waals surface area contributed by atoms with Crippen LogP contribution in [0.15, 0.2) is 12.1 Å². The second-order valence-electron chi connectivity index (χ2n) is 3.74. The van der Waals surface area contributed by atoms with E-state index in [2.05, 4.69) is 5.32 Å². The van der Waals surface area contributed by atoms with Crippen molar-refractivity contribution < 1.29 is 19.4 Å². The first kappa shape index (κ1) is 14.6. The number of nitrogens with one attached hydrogen (secondary N) is 1. The van der Waals surface area contributed by atoms with E-state index in [0.29, 0.717) is 23.1 Å². The first-order chi connectivity index (χ1) is 8.49. The maximum absolute atomic E-state index is 10.7. The molecule has 0 bridgehead atoms. The van der Waals surface area contributed by atoms with Gasteiger partial charge < -0.3 is 19.9 Å². The van der Waals surface area contributed by atoms with Crippen LogP contribution in [-0.2, 0) is 11.3 Å². The number of rotatable bonds is 6. The van der Waals surface area contributed by atoms with Crippen LogP contribution in [0.2, 0.25) is 5.02 Å². The fraction of sp³-hybridized carbons (Fsp3) is 0.417. The average Bonchev–Trinajstić information content (AvgIpc) is 2.34. The van der Waals surface area contributed by atoms with E-state index >= 15 is 0 Å². The van der Waals surface area contributed by atoms with E-state index in [-0.39, 0.29) is 0 Å². The Balaban J connectivity index is 2.93. The van der Waals surface area contributed by atoms with E-state index in [4.69, 9.17) is 26.2 Å². The van der Waals surface area contributed by atoms with Gasteiger partial charge in [-0.1, -0.05) is 11.6 Å². The normalized spacial score (nSPS) is 12.0. The minimum Gasteiger partial charge on any atom is -0.493 e. The lowest BCUT2D eigenvalue weighted by Crippen LogP contribution is -2.33. The summed E-state index contributed by atoms with van der Waals surface area (Å²) in [7, 11) is 3.04. The van der Waals surface area contributed by atoms with Gasteiger partial charge in [0, 0.05) is 23.2 Å². The Morgan fingerprint density at radius 2 is 2.11 bits per heavy atom. The van der Waals surface area contributed by atoms with E-state index in [1.807, 2.05) is 0 Å². The minimum absolute atomic E-state index is 0.327. The Morgan fingerprint density at radius 3 is 2.61 bits per heavy atom. The summed E-state index contributed by atoms with van der Waals surface area (Å²) < 4.78 is 10.4. The van der Waals surface area contributed by atoms with Crippen LogP contribution in [0.25, 0.3) is 0 Å². The molecule has 1 atom stereocenters. The van der Waals surface area contributed by atoms with E-state index < -0.39 is 12.0 Å². The van der Waals surface area contributed by atoms with Crippen molar-refractivity contribution in [3.8, 4) is 11.5 Å².